The molecule has 0 bridgehead atoms. The van der Waals surface area contributed by atoms with Crippen LogP contribution in [0.25, 0.3) is 0 Å². The lowest BCUT2D eigenvalue weighted by atomic mass is 10.1. The summed E-state index contributed by atoms with van der Waals surface area (Å²) in [7, 11) is 0. The first-order valence-electron chi connectivity index (χ1n) is 3.11. The van der Waals surface area contributed by atoms with E-state index in [0.717, 1.165) is 12.8 Å². The van der Waals surface area contributed by atoms with Crippen molar-refractivity contribution in [3.63, 3.8) is 0 Å². The zero-order valence-corrected chi connectivity index (χ0v) is 5.09. The first-order valence-corrected chi connectivity index (χ1v) is 3.11. The van der Waals surface area contributed by atoms with Crippen LogP contribution in [0.3, 0.4) is 0 Å². The minimum absolute atomic E-state index is 0.174. The zero-order chi connectivity index (χ0) is 6.20. The summed E-state index contributed by atoms with van der Waals surface area (Å²) in [5.74, 6) is -1.17. The van der Waals surface area contributed by atoms with Gasteiger partial charge in [0.05, 0.1) is 0 Å². The summed E-state index contributed by atoms with van der Waals surface area (Å²) in [5, 5.41) is 18.0. The summed E-state index contributed by atoms with van der Waals surface area (Å²) < 4.78 is 0. The Balaban J connectivity index is 2.37. The van der Waals surface area contributed by atoms with Crippen LogP contribution in [-0.2, 0) is 0 Å². The lowest BCUT2D eigenvalue weighted by Gasteiger charge is -2.17. The van der Waals surface area contributed by atoms with Crippen molar-refractivity contribution >= 4 is 0 Å². The lowest BCUT2D eigenvalue weighted by Crippen LogP contribution is -2.29. The van der Waals surface area contributed by atoms with Crippen LogP contribution in [0.15, 0.2) is 0 Å². The molecule has 2 N–H and O–H groups in total. The molecule has 0 spiro atoms. The summed E-state index contributed by atoms with van der Waals surface area (Å²) in [5.41, 5.74) is 0. The van der Waals surface area contributed by atoms with Crippen LogP contribution in [0.5, 0.6) is 0 Å². The monoisotopic (exact) mass is 116 g/mol. The van der Waals surface area contributed by atoms with Gasteiger partial charge in [-0.15, -0.1) is 0 Å². The Morgan fingerprint density at radius 2 is 2.00 bits per heavy atom. The van der Waals surface area contributed by atoms with Crippen molar-refractivity contribution < 1.29 is 10.2 Å². The number of rotatable bonds is 2. The van der Waals surface area contributed by atoms with Crippen LogP contribution in [0, 0.1) is 5.92 Å². The van der Waals surface area contributed by atoms with E-state index in [1.54, 1.807) is 6.92 Å². The molecule has 0 atom stereocenters. The molecule has 48 valence electrons. The van der Waals surface area contributed by atoms with Crippen molar-refractivity contribution in [3.05, 3.63) is 0 Å². The zero-order valence-electron chi connectivity index (χ0n) is 5.09. The normalized spacial score (nSPS) is 21.4. The van der Waals surface area contributed by atoms with Gasteiger partial charge in [-0.05, 0) is 19.3 Å². The number of hydrogen-bond acceptors (Lipinski definition) is 2. The van der Waals surface area contributed by atoms with E-state index in [-0.39, 0.29) is 5.92 Å². The maximum absolute atomic E-state index is 9.02. The second-order valence-electron chi connectivity index (χ2n) is 2.51. The second-order valence-corrected chi connectivity index (χ2v) is 2.51. The van der Waals surface area contributed by atoms with Crippen molar-refractivity contribution in [3.8, 4) is 0 Å². The predicted octanol–water partition coefficient (Wildman–Crippen LogP) is 0.487. The summed E-state index contributed by atoms with van der Waals surface area (Å²) in [6.07, 6.45) is 2.43. The minimum Gasteiger partial charge on any atom is -0.365 e. The van der Waals surface area contributed by atoms with E-state index in [1.807, 2.05) is 0 Å². The Morgan fingerprint density at radius 1 is 1.50 bits per heavy atom. The average molecular weight is 116 g/mol. The van der Waals surface area contributed by atoms with Gasteiger partial charge in [0.25, 0.3) is 0 Å². The maximum Gasteiger partial charge on any atom is 0.165 e. The molecule has 1 aliphatic rings. The molecule has 0 unspecified atom stereocenters. The fourth-order valence-corrected chi connectivity index (χ4v) is 0.834. The predicted molar refractivity (Wildman–Crippen MR) is 30.2 cm³/mol. The molecular weight excluding hydrogens is 104 g/mol. The highest BCUT2D eigenvalue weighted by molar-refractivity contribution is 4.85. The highest BCUT2D eigenvalue weighted by Gasteiger charge is 2.40. The smallest absolute Gasteiger partial charge is 0.165 e. The molecule has 1 fully saturated rings. The molecule has 2 heteroatoms. The Hall–Kier alpha value is -0.0800. The molecule has 0 aromatic heterocycles. The highest BCUT2D eigenvalue weighted by atomic mass is 16.5. The van der Waals surface area contributed by atoms with Crippen molar-refractivity contribution in [1.29, 1.82) is 0 Å². The Labute approximate surface area is 49.1 Å². The molecular formula is C6H12O2. The van der Waals surface area contributed by atoms with Gasteiger partial charge < -0.3 is 10.2 Å². The lowest BCUT2D eigenvalue weighted by molar-refractivity contribution is -0.178. The largest absolute Gasteiger partial charge is 0.365 e. The third-order valence-electron chi connectivity index (χ3n) is 1.75. The van der Waals surface area contributed by atoms with E-state index < -0.39 is 5.79 Å². The third-order valence-corrected chi connectivity index (χ3v) is 1.75. The molecule has 1 saturated carbocycles. The van der Waals surface area contributed by atoms with Gasteiger partial charge in [0.15, 0.2) is 5.79 Å². The maximum atomic E-state index is 9.02. The molecule has 0 aromatic carbocycles. The van der Waals surface area contributed by atoms with Crippen LogP contribution in [0.4, 0.5) is 0 Å². The van der Waals surface area contributed by atoms with Crippen molar-refractivity contribution in [2.24, 2.45) is 5.92 Å². The molecule has 0 aromatic rings. The van der Waals surface area contributed by atoms with E-state index in [4.69, 9.17) is 10.2 Å². The second kappa shape index (κ2) is 1.71. The van der Waals surface area contributed by atoms with Crippen molar-refractivity contribution in [2.45, 2.75) is 32.0 Å². The summed E-state index contributed by atoms with van der Waals surface area (Å²) in [6, 6.07) is 0. The quantitative estimate of drug-likeness (QED) is 0.515. The van der Waals surface area contributed by atoms with Gasteiger partial charge >= 0.3 is 0 Å². The molecule has 2 nitrogen and oxygen atoms in total. The van der Waals surface area contributed by atoms with Gasteiger partial charge in [0.1, 0.15) is 0 Å². The molecule has 8 heavy (non-hydrogen) atoms. The van der Waals surface area contributed by atoms with Crippen molar-refractivity contribution in [1.82, 2.24) is 0 Å². The number of aliphatic hydroxyl groups is 2. The van der Waals surface area contributed by atoms with Gasteiger partial charge in [0.2, 0.25) is 0 Å². The van der Waals surface area contributed by atoms with E-state index in [2.05, 4.69) is 0 Å². The molecule has 0 heterocycles. The van der Waals surface area contributed by atoms with E-state index >= 15 is 0 Å². The SMILES string of the molecule is CCC(O)(O)C1CC1. The fraction of sp³-hybridized carbons (Fsp3) is 1.00. The van der Waals surface area contributed by atoms with Crippen molar-refractivity contribution in [2.75, 3.05) is 0 Å². The van der Waals surface area contributed by atoms with E-state index in [0.29, 0.717) is 6.42 Å². The van der Waals surface area contributed by atoms with E-state index in [9.17, 15) is 0 Å². The van der Waals surface area contributed by atoms with Crippen LogP contribution in [-0.4, -0.2) is 16.0 Å². The van der Waals surface area contributed by atoms with Crippen LogP contribution < -0.4 is 0 Å². The molecule has 0 amide bonds. The summed E-state index contributed by atoms with van der Waals surface area (Å²) in [6.45, 7) is 1.79. The average Bonchev–Trinajstić information content (AvgIpc) is 2.44. The van der Waals surface area contributed by atoms with Gasteiger partial charge in [-0.2, -0.15) is 0 Å². The molecule has 1 aliphatic carbocycles. The first-order chi connectivity index (χ1) is 3.67. The molecule has 0 aliphatic heterocycles. The van der Waals surface area contributed by atoms with Crippen LogP contribution in [0.1, 0.15) is 26.2 Å². The Bertz CT molecular complexity index is 84.5. The fourth-order valence-electron chi connectivity index (χ4n) is 0.834. The minimum atomic E-state index is -1.35. The molecule has 0 saturated heterocycles. The summed E-state index contributed by atoms with van der Waals surface area (Å²) >= 11 is 0. The highest BCUT2D eigenvalue weighted by Crippen LogP contribution is 2.39. The van der Waals surface area contributed by atoms with Gasteiger partial charge in [0, 0.05) is 5.92 Å². The summed E-state index contributed by atoms with van der Waals surface area (Å²) in [4.78, 5) is 0. The van der Waals surface area contributed by atoms with Gasteiger partial charge in [-0.1, -0.05) is 6.92 Å². The molecule has 1 rings (SSSR count). The standard InChI is InChI=1S/C6H12O2/c1-2-6(7,8)5-3-4-5/h5,7-8H,2-4H2,1H3. The number of hydrogen-bond donors (Lipinski definition) is 2. The van der Waals surface area contributed by atoms with E-state index in [1.165, 1.54) is 0 Å². The van der Waals surface area contributed by atoms with Crippen LogP contribution >= 0.6 is 0 Å². The first kappa shape index (κ1) is 6.05. The molecule has 0 radical (unpaired) electrons. The topological polar surface area (TPSA) is 40.5 Å². The Kier molecular flexibility index (Phi) is 1.29. The Morgan fingerprint density at radius 3 is 2.12 bits per heavy atom. The van der Waals surface area contributed by atoms with Gasteiger partial charge in [-0.25, -0.2) is 0 Å². The van der Waals surface area contributed by atoms with Crippen LogP contribution in [0.2, 0.25) is 0 Å². The third kappa shape index (κ3) is 1.01. The van der Waals surface area contributed by atoms with Gasteiger partial charge in [-0.3, -0.25) is 0 Å².